The Morgan fingerprint density at radius 1 is 1.59 bits per heavy atom. The Labute approximate surface area is 117 Å². The Hall–Kier alpha value is 0.230. The van der Waals surface area contributed by atoms with Crippen molar-refractivity contribution in [3.63, 3.8) is 0 Å². The molecule has 1 fully saturated rings. The van der Waals surface area contributed by atoms with Gasteiger partial charge in [0.15, 0.2) is 0 Å². The van der Waals surface area contributed by atoms with Crippen LogP contribution in [0.1, 0.15) is 37.5 Å². The van der Waals surface area contributed by atoms with Crippen LogP contribution in [0.15, 0.2) is 5.38 Å². The molecular formula is C12H19ClN2S2. The molecule has 1 aliphatic rings. The van der Waals surface area contributed by atoms with Gasteiger partial charge in [-0.3, -0.25) is 4.90 Å². The largest absolute Gasteiger partial charge is 0.290 e. The number of alkyl halides is 1. The normalized spacial score (nSPS) is 28.2. The first-order chi connectivity index (χ1) is 8.13. The highest BCUT2D eigenvalue weighted by atomic mass is 35.5. The van der Waals surface area contributed by atoms with Crippen LogP contribution in [0.3, 0.4) is 0 Å². The van der Waals surface area contributed by atoms with Gasteiger partial charge in [0.2, 0.25) is 0 Å². The van der Waals surface area contributed by atoms with Gasteiger partial charge in [-0.15, -0.1) is 22.9 Å². The summed E-state index contributed by atoms with van der Waals surface area (Å²) in [6.45, 7) is 8.06. The second-order valence-electron chi connectivity index (χ2n) is 4.54. The van der Waals surface area contributed by atoms with Gasteiger partial charge in [-0.1, -0.05) is 6.92 Å². The average molecular weight is 291 g/mol. The van der Waals surface area contributed by atoms with E-state index in [-0.39, 0.29) is 0 Å². The van der Waals surface area contributed by atoms with Gasteiger partial charge in [-0.05, 0) is 13.8 Å². The van der Waals surface area contributed by atoms with E-state index >= 15 is 0 Å². The molecule has 2 rings (SSSR count). The predicted octanol–water partition coefficient (Wildman–Crippen LogP) is 3.77. The summed E-state index contributed by atoms with van der Waals surface area (Å²) in [7, 11) is 0. The van der Waals surface area contributed by atoms with Crippen molar-refractivity contribution >= 4 is 34.7 Å². The van der Waals surface area contributed by atoms with Crippen molar-refractivity contribution in [2.75, 3.05) is 12.3 Å². The van der Waals surface area contributed by atoms with Crippen LogP contribution >= 0.6 is 34.7 Å². The van der Waals surface area contributed by atoms with E-state index in [1.165, 1.54) is 10.8 Å². The van der Waals surface area contributed by atoms with Crippen molar-refractivity contribution in [3.8, 4) is 0 Å². The van der Waals surface area contributed by atoms with E-state index < -0.39 is 0 Å². The molecule has 0 aromatic carbocycles. The molecule has 3 atom stereocenters. The molecule has 0 aliphatic carbocycles. The van der Waals surface area contributed by atoms with Crippen LogP contribution in [0.25, 0.3) is 0 Å². The highest BCUT2D eigenvalue weighted by Gasteiger charge is 2.30. The van der Waals surface area contributed by atoms with Crippen molar-refractivity contribution in [1.82, 2.24) is 9.88 Å². The summed E-state index contributed by atoms with van der Waals surface area (Å²) in [5.74, 6) is 1.74. The lowest BCUT2D eigenvalue weighted by atomic mass is 10.1. The van der Waals surface area contributed by atoms with E-state index in [1.54, 1.807) is 11.3 Å². The van der Waals surface area contributed by atoms with Crippen molar-refractivity contribution in [2.24, 2.45) is 0 Å². The third kappa shape index (κ3) is 2.98. The minimum atomic E-state index is 0.412. The highest BCUT2D eigenvalue weighted by Crippen LogP contribution is 2.32. The van der Waals surface area contributed by atoms with Gasteiger partial charge in [0.1, 0.15) is 5.01 Å². The van der Waals surface area contributed by atoms with Gasteiger partial charge in [-0.2, -0.15) is 11.8 Å². The smallest absolute Gasteiger partial charge is 0.110 e. The number of thioether (sulfide) groups is 1. The summed E-state index contributed by atoms with van der Waals surface area (Å²) in [6.07, 6.45) is 0. The van der Waals surface area contributed by atoms with Crippen molar-refractivity contribution in [2.45, 2.75) is 44.0 Å². The molecule has 1 aromatic heterocycles. The van der Waals surface area contributed by atoms with Gasteiger partial charge in [-0.25, -0.2) is 4.98 Å². The van der Waals surface area contributed by atoms with Crippen LogP contribution in [0.4, 0.5) is 0 Å². The molecule has 2 heterocycles. The maximum atomic E-state index is 5.81. The molecule has 17 heavy (non-hydrogen) atoms. The molecule has 1 aliphatic heterocycles. The fourth-order valence-corrected chi connectivity index (χ4v) is 4.47. The Kier molecular flexibility index (Phi) is 4.75. The summed E-state index contributed by atoms with van der Waals surface area (Å²) in [5, 5.41) is 3.98. The fraction of sp³-hybridized carbons (Fsp3) is 0.750. The second kappa shape index (κ2) is 5.91. The van der Waals surface area contributed by atoms with Crippen LogP contribution in [0.5, 0.6) is 0 Å². The molecule has 1 aromatic rings. The number of nitrogens with zero attached hydrogens (tertiary/aromatic N) is 2. The molecule has 0 N–H and O–H groups in total. The van der Waals surface area contributed by atoms with Crippen LogP contribution in [-0.4, -0.2) is 33.5 Å². The molecule has 0 amide bonds. The SMILES string of the molecule is CC1SCCN(C(C)c2nc(CCl)cs2)C1C. The first kappa shape index (κ1) is 13.7. The lowest BCUT2D eigenvalue weighted by molar-refractivity contribution is 0.157. The van der Waals surface area contributed by atoms with Crippen LogP contribution in [0.2, 0.25) is 0 Å². The third-order valence-electron chi connectivity index (χ3n) is 3.49. The number of halogens is 1. The fourth-order valence-electron chi connectivity index (χ4n) is 2.22. The van der Waals surface area contributed by atoms with E-state index in [4.69, 9.17) is 11.6 Å². The van der Waals surface area contributed by atoms with Gasteiger partial charge < -0.3 is 0 Å². The maximum absolute atomic E-state index is 5.81. The summed E-state index contributed by atoms with van der Waals surface area (Å²) >= 11 is 9.62. The molecule has 0 bridgehead atoms. The average Bonchev–Trinajstić information content (AvgIpc) is 2.80. The standard InChI is InChI=1S/C12H19ClN2S2/c1-8-10(3)16-5-4-15(8)9(2)12-14-11(6-13)7-17-12/h7-10H,4-6H2,1-3H3. The Morgan fingerprint density at radius 2 is 2.35 bits per heavy atom. The molecule has 96 valence electrons. The van der Waals surface area contributed by atoms with Crippen LogP contribution in [0, 0.1) is 0 Å². The first-order valence-corrected chi connectivity index (χ1v) is 8.47. The number of hydrogen-bond donors (Lipinski definition) is 0. The zero-order chi connectivity index (χ0) is 12.4. The molecule has 3 unspecified atom stereocenters. The van der Waals surface area contributed by atoms with E-state index in [1.807, 2.05) is 0 Å². The lowest BCUT2D eigenvalue weighted by Gasteiger charge is -2.40. The third-order valence-corrected chi connectivity index (χ3v) is 6.17. The van der Waals surface area contributed by atoms with Gasteiger partial charge in [0.25, 0.3) is 0 Å². The van der Waals surface area contributed by atoms with Crippen LogP contribution < -0.4 is 0 Å². The van der Waals surface area contributed by atoms with Gasteiger partial charge >= 0.3 is 0 Å². The van der Waals surface area contributed by atoms with Crippen molar-refractivity contribution < 1.29 is 0 Å². The summed E-state index contributed by atoms with van der Waals surface area (Å²) in [5.41, 5.74) is 1.01. The zero-order valence-electron chi connectivity index (χ0n) is 10.5. The summed E-state index contributed by atoms with van der Waals surface area (Å²) < 4.78 is 0. The molecule has 0 spiro atoms. The number of rotatable bonds is 3. The number of thiazole rings is 1. The monoisotopic (exact) mass is 290 g/mol. The molecule has 1 saturated heterocycles. The minimum absolute atomic E-state index is 0.412. The van der Waals surface area contributed by atoms with Gasteiger partial charge in [0.05, 0.1) is 17.6 Å². The quantitative estimate of drug-likeness (QED) is 0.789. The van der Waals surface area contributed by atoms with E-state index in [0.717, 1.165) is 12.2 Å². The lowest BCUT2D eigenvalue weighted by Crippen LogP contribution is -2.45. The summed E-state index contributed by atoms with van der Waals surface area (Å²) in [4.78, 5) is 7.17. The molecule has 2 nitrogen and oxygen atoms in total. The maximum Gasteiger partial charge on any atom is 0.110 e. The Balaban J connectivity index is 2.10. The molecule has 5 heteroatoms. The summed E-state index contributed by atoms with van der Waals surface area (Å²) in [6, 6.07) is 1.03. The molecular weight excluding hydrogens is 272 g/mol. The Morgan fingerprint density at radius 3 is 3.00 bits per heavy atom. The van der Waals surface area contributed by atoms with Crippen molar-refractivity contribution in [3.05, 3.63) is 16.1 Å². The first-order valence-electron chi connectivity index (χ1n) is 6.01. The van der Waals surface area contributed by atoms with E-state index in [2.05, 4.69) is 47.8 Å². The molecule has 0 saturated carbocycles. The van der Waals surface area contributed by atoms with Crippen LogP contribution in [-0.2, 0) is 5.88 Å². The number of aromatic nitrogens is 1. The van der Waals surface area contributed by atoms with E-state index in [9.17, 15) is 0 Å². The van der Waals surface area contributed by atoms with Crippen molar-refractivity contribution in [1.29, 1.82) is 0 Å². The highest BCUT2D eigenvalue weighted by molar-refractivity contribution is 8.00. The topological polar surface area (TPSA) is 16.1 Å². The van der Waals surface area contributed by atoms with E-state index in [0.29, 0.717) is 23.2 Å². The number of hydrogen-bond acceptors (Lipinski definition) is 4. The predicted molar refractivity (Wildman–Crippen MR) is 78.2 cm³/mol. The minimum Gasteiger partial charge on any atom is -0.290 e. The second-order valence-corrected chi connectivity index (χ2v) is 7.18. The Bertz CT molecular complexity index is 369. The molecule has 0 radical (unpaired) electrons. The zero-order valence-corrected chi connectivity index (χ0v) is 12.9. The van der Waals surface area contributed by atoms with Gasteiger partial charge in [0, 0.05) is 29.0 Å².